The van der Waals surface area contributed by atoms with Crippen LogP contribution in [-0.2, 0) is 43.0 Å². The molecule has 0 bridgehead atoms. The van der Waals surface area contributed by atoms with E-state index < -0.39 is 95.7 Å². The third-order valence-corrected chi connectivity index (χ3v) is 9.29. The van der Waals surface area contributed by atoms with Gasteiger partial charge in [-0.2, -0.15) is 0 Å². The number of amides is 3. The van der Waals surface area contributed by atoms with E-state index in [0.717, 1.165) is 0 Å². The summed E-state index contributed by atoms with van der Waals surface area (Å²) in [7, 11) is 4.36. The molecule has 3 amide bonds. The highest BCUT2D eigenvalue weighted by Crippen LogP contribution is 2.26. The maximum absolute atomic E-state index is 14.0. The van der Waals surface area contributed by atoms with Crippen LogP contribution >= 0.6 is 0 Å². The first-order chi connectivity index (χ1) is 21.6. The van der Waals surface area contributed by atoms with Gasteiger partial charge in [0.1, 0.15) is 18.1 Å². The molecule has 0 unspecified atom stereocenters. The quantitative estimate of drug-likeness (QED) is 0.278. The fourth-order valence-electron chi connectivity index (χ4n) is 5.88. The fraction of sp³-hybridized carbons (Fsp3) is 0.829. The molecule has 0 aromatic rings. The first-order valence-corrected chi connectivity index (χ1v) is 17.1. The molecule has 0 N–H and O–H groups in total. The summed E-state index contributed by atoms with van der Waals surface area (Å²) in [6, 6.07) is -3.31. The molecule has 12 nitrogen and oxygen atoms in total. The predicted molar refractivity (Wildman–Crippen MR) is 178 cm³/mol. The van der Waals surface area contributed by atoms with Gasteiger partial charge in [-0.15, -0.1) is 0 Å². The highest BCUT2D eigenvalue weighted by molar-refractivity contribution is 5.94. The smallest absolute Gasteiger partial charge is 0.329 e. The van der Waals surface area contributed by atoms with Crippen LogP contribution in [0.3, 0.4) is 0 Å². The van der Waals surface area contributed by atoms with E-state index in [-0.39, 0.29) is 11.8 Å². The average molecular weight is 668 g/mol. The highest BCUT2D eigenvalue weighted by atomic mass is 16.6. The summed E-state index contributed by atoms with van der Waals surface area (Å²) in [6.07, 6.45) is -2.82. The van der Waals surface area contributed by atoms with Crippen molar-refractivity contribution in [2.45, 2.75) is 132 Å². The first kappa shape index (κ1) is 41.8. The van der Waals surface area contributed by atoms with Crippen molar-refractivity contribution in [3.63, 3.8) is 0 Å². The van der Waals surface area contributed by atoms with Crippen molar-refractivity contribution in [1.82, 2.24) is 14.7 Å². The first-order valence-electron chi connectivity index (χ1n) is 17.1. The summed E-state index contributed by atoms with van der Waals surface area (Å²) in [5, 5.41) is 0. The van der Waals surface area contributed by atoms with E-state index in [0.29, 0.717) is 12.8 Å². The zero-order valence-corrected chi connectivity index (χ0v) is 31.4. The second kappa shape index (κ2) is 17.8. The zero-order chi connectivity index (χ0) is 36.7. The minimum absolute atomic E-state index is 0.380. The lowest BCUT2D eigenvalue weighted by Gasteiger charge is -2.39. The van der Waals surface area contributed by atoms with Crippen LogP contribution in [0.15, 0.2) is 0 Å². The molecule has 1 saturated heterocycles. The van der Waals surface area contributed by atoms with Crippen LogP contribution in [-0.4, -0.2) is 108 Å². The van der Waals surface area contributed by atoms with Crippen molar-refractivity contribution in [1.29, 1.82) is 0 Å². The lowest BCUT2D eigenvalue weighted by Crippen LogP contribution is -2.58. The largest absolute Gasteiger partial charge is 0.450 e. The lowest BCUT2D eigenvalue weighted by atomic mass is 9.94. The average Bonchev–Trinajstić information content (AvgIpc) is 2.98. The normalized spacial score (nSPS) is 28.0. The van der Waals surface area contributed by atoms with Gasteiger partial charge in [-0.05, 0) is 35.5 Å². The van der Waals surface area contributed by atoms with Gasteiger partial charge >= 0.3 is 17.9 Å². The SMILES string of the molecule is CC[C@@H](C)[C@H]1C(=O)O[C@H](C(C)C)C(=O)N(C)[C@@H]([C@H](C)CC)C(=O)O[C@H](C(C)C)C(=O)N(C)[C@@H](C(C)C)C(=O)O[C@H](C(C)C)C(=O)N1C. The summed E-state index contributed by atoms with van der Waals surface area (Å²) < 4.78 is 17.6. The van der Waals surface area contributed by atoms with E-state index in [2.05, 4.69) is 0 Å². The molecule has 0 aliphatic carbocycles. The second-order valence-electron chi connectivity index (χ2n) is 14.5. The molecule has 0 spiro atoms. The maximum atomic E-state index is 14.0. The molecule has 1 aliphatic heterocycles. The number of cyclic esters (lactones) is 3. The Labute approximate surface area is 282 Å². The van der Waals surface area contributed by atoms with Crippen LogP contribution < -0.4 is 0 Å². The third kappa shape index (κ3) is 9.92. The number of esters is 3. The van der Waals surface area contributed by atoms with E-state index in [1.54, 1.807) is 69.2 Å². The number of nitrogens with zero attached hydrogens (tertiary/aromatic N) is 3. The van der Waals surface area contributed by atoms with Crippen LogP contribution in [0.5, 0.6) is 0 Å². The Bertz CT molecular complexity index is 1110. The minimum atomic E-state index is -1.28. The molecule has 8 atom stereocenters. The van der Waals surface area contributed by atoms with Gasteiger partial charge in [0.2, 0.25) is 0 Å². The van der Waals surface area contributed by atoms with E-state index >= 15 is 0 Å². The van der Waals surface area contributed by atoms with Gasteiger partial charge in [-0.1, -0.05) is 95.9 Å². The van der Waals surface area contributed by atoms with Gasteiger partial charge in [-0.25, -0.2) is 14.4 Å². The molecule has 0 aromatic heterocycles. The van der Waals surface area contributed by atoms with E-state index in [1.165, 1.54) is 35.8 Å². The number of hydrogen-bond acceptors (Lipinski definition) is 9. The Hall–Kier alpha value is -3.18. The topological polar surface area (TPSA) is 140 Å². The van der Waals surface area contributed by atoms with Gasteiger partial charge in [0.25, 0.3) is 17.7 Å². The molecule has 47 heavy (non-hydrogen) atoms. The zero-order valence-electron chi connectivity index (χ0n) is 31.4. The van der Waals surface area contributed by atoms with Crippen LogP contribution in [0, 0.1) is 35.5 Å². The van der Waals surface area contributed by atoms with Crippen LogP contribution in [0.25, 0.3) is 0 Å². The lowest BCUT2D eigenvalue weighted by molar-refractivity contribution is -0.182. The number of carbonyl (C=O) groups is 6. The van der Waals surface area contributed by atoms with E-state index in [1.807, 2.05) is 13.8 Å². The number of ether oxygens (including phenoxy) is 3. The standard InChI is InChI=1S/C35H61N3O9/c1-16-22(11)25-34(43)46-27(19(5)6)30(39)36(13)24(18(3)4)33(42)45-28(20(7)8)31(40)37(14)26(23(12)17-2)35(44)47-29(21(9)10)32(41)38(25)15/h18-29H,16-17H2,1-15H3/t22-,23-,24+,25+,26+,27-,28-,29-/m1/s1. The van der Waals surface area contributed by atoms with Gasteiger partial charge in [0, 0.05) is 21.1 Å². The summed E-state index contributed by atoms with van der Waals surface area (Å²) in [4.78, 5) is 87.3. The number of rotatable bonds is 8. The van der Waals surface area contributed by atoms with Gasteiger partial charge < -0.3 is 28.9 Å². The highest BCUT2D eigenvalue weighted by Gasteiger charge is 2.45. The number of likely N-dealkylation sites (N-methyl/N-ethyl adjacent to an activating group) is 3. The number of carbonyl (C=O) groups excluding carboxylic acids is 6. The Kier molecular flexibility index (Phi) is 15.9. The monoisotopic (exact) mass is 667 g/mol. The fourth-order valence-corrected chi connectivity index (χ4v) is 5.88. The Morgan fingerprint density at radius 3 is 0.894 bits per heavy atom. The Morgan fingerprint density at radius 1 is 0.447 bits per heavy atom. The van der Waals surface area contributed by atoms with E-state index in [4.69, 9.17) is 14.2 Å². The van der Waals surface area contributed by atoms with Crippen molar-refractivity contribution < 1.29 is 43.0 Å². The molecule has 1 fully saturated rings. The molecule has 0 saturated carbocycles. The molecule has 1 aliphatic rings. The third-order valence-electron chi connectivity index (χ3n) is 9.29. The minimum Gasteiger partial charge on any atom is -0.450 e. The van der Waals surface area contributed by atoms with Crippen LogP contribution in [0.2, 0.25) is 0 Å². The molecular formula is C35H61N3O9. The van der Waals surface area contributed by atoms with Crippen molar-refractivity contribution in [3.05, 3.63) is 0 Å². The summed E-state index contributed by atoms with van der Waals surface area (Å²) in [5.41, 5.74) is 0. The van der Waals surface area contributed by atoms with Gasteiger partial charge in [-0.3, -0.25) is 14.4 Å². The van der Waals surface area contributed by atoms with Crippen molar-refractivity contribution in [2.24, 2.45) is 35.5 Å². The summed E-state index contributed by atoms with van der Waals surface area (Å²) in [6.45, 7) is 21.1. The second-order valence-corrected chi connectivity index (χ2v) is 14.5. The Balaban J connectivity index is 4.00. The molecule has 0 aromatic carbocycles. The molecular weight excluding hydrogens is 606 g/mol. The van der Waals surface area contributed by atoms with E-state index in [9.17, 15) is 28.8 Å². The van der Waals surface area contributed by atoms with Gasteiger partial charge in [0.05, 0.1) is 0 Å². The predicted octanol–water partition coefficient (Wildman–Crippen LogP) is 3.93. The molecule has 12 heteroatoms. The molecule has 1 heterocycles. The summed E-state index contributed by atoms with van der Waals surface area (Å²) in [5.74, 6) is -6.82. The number of hydrogen-bond donors (Lipinski definition) is 0. The maximum Gasteiger partial charge on any atom is 0.329 e. The molecule has 0 radical (unpaired) electrons. The van der Waals surface area contributed by atoms with Crippen LogP contribution in [0.4, 0.5) is 0 Å². The summed E-state index contributed by atoms with van der Waals surface area (Å²) >= 11 is 0. The molecule has 270 valence electrons. The Morgan fingerprint density at radius 2 is 0.681 bits per heavy atom. The van der Waals surface area contributed by atoms with Crippen LogP contribution in [0.1, 0.15) is 95.9 Å². The van der Waals surface area contributed by atoms with Gasteiger partial charge in [0.15, 0.2) is 18.3 Å². The van der Waals surface area contributed by atoms with Crippen molar-refractivity contribution in [2.75, 3.05) is 21.1 Å². The van der Waals surface area contributed by atoms with Crippen molar-refractivity contribution >= 4 is 35.6 Å². The molecule has 1 rings (SSSR count). The van der Waals surface area contributed by atoms with Crippen molar-refractivity contribution in [3.8, 4) is 0 Å².